The summed E-state index contributed by atoms with van der Waals surface area (Å²) >= 11 is 0. The molecule has 2 aliphatic heterocycles. The summed E-state index contributed by atoms with van der Waals surface area (Å²) < 4.78 is 2.02. The van der Waals surface area contributed by atoms with Gasteiger partial charge in [-0.15, -0.1) is 0 Å². The van der Waals surface area contributed by atoms with Crippen molar-refractivity contribution < 1.29 is 4.79 Å². The van der Waals surface area contributed by atoms with Crippen LogP contribution in [0.3, 0.4) is 0 Å². The lowest BCUT2D eigenvalue weighted by atomic mass is 10.0. The number of hydrogen-bond acceptors (Lipinski definition) is 3. The van der Waals surface area contributed by atoms with Crippen molar-refractivity contribution in [3.63, 3.8) is 0 Å². The number of likely N-dealkylation sites (tertiary alicyclic amines) is 2. The molecule has 0 spiro atoms. The van der Waals surface area contributed by atoms with Crippen LogP contribution in [0, 0.1) is 18.8 Å². The van der Waals surface area contributed by atoms with Crippen molar-refractivity contribution in [2.24, 2.45) is 11.8 Å². The van der Waals surface area contributed by atoms with Crippen LogP contribution >= 0.6 is 0 Å². The van der Waals surface area contributed by atoms with E-state index in [0.717, 1.165) is 57.7 Å². The molecule has 1 aliphatic carbocycles. The quantitative estimate of drug-likeness (QED) is 0.636. The van der Waals surface area contributed by atoms with E-state index in [4.69, 9.17) is 5.10 Å². The van der Waals surface area contributed by atoms with Crippen LogP contribution in [0.1, 0.15) is 39.3 Å². The topological polar surface area (TPSA) is 41.4 Å². The summed E-state index contributed by atoms with van der Waals surface area (Å²) in [7, 11) is 0. The average molecular weight is 427 g/mol. The fourth-order valence-corrected chi connectivity index (χ4v) is 5.89. The van der Waals surface area contributed by atoms with Crippen molar-refractivity contribution in [2.75, 3.05) is 26.2 Å². The first kappa shape index (κ1) is 19.7. The Morgan fingerprint density at radius 3 is 2.38 bits per heavy atom. The maximum Gasteiger partial charge on any atom is 0.274 e. The monoisotopic (exact) mass is 426 g/mol. The van der Waals surface area contributed by atoms with Gasteiger partial charge in [0, 0.05) is 44.0 Å². The number of hydrogen-bond donors (Lipinski definition) is 0. The number of carbonyl (C=O) groups excluding carboxylic acids is 1. The van der Waals surface area contributed by atoms with Gasteiger partial charge in [0.2, 0.25) is 0 Å². The van der Waals surface area contributed by atoms with E-state index >= 15 is 0 Å². The average Bonchev–Trinajstić information content (AvgIpc) is 3.55. The number of carbonyl (C=O) groups is 1. The van der Waals surface area contributed by atoms with Crippen LogP contribution in [0.25, 0.3) is 5.69 Å². The van der Waals surface area contributed by atoms with Gasteiger partial charge in [-0.05, 0) is 55.7 Å². The molecular weight excluding hydrogens is 396 g/mol. The van der Waals surface area contributed by atoms with E-state index in [2.05, 4.69) is 71.3 Å². The third-order valence-electron chi connectivity index (χ3n) is 7.51. The smallest absolute Gasteiger partial charge is 0.274 e. The van der Waals surface area contributed by atoms with Crippen LogP contribution in [0.15, 0.2) is 54.6 Å². The summed E-state index contributed by atoms with van der Waals surface area (Å²) in [6, 6.07) is 19.1. The third kappa shape index (κ3) is 3.45. The highest BCUT2D eigenvalue weighted by Gasteiger charge is 2.42. The van der Waals surface area contributed by atoms with Gasteiger partial charge in [-0.1, -0.05) is 48.0 Å². The summed E-state index contributed by atoms with van der Waals surface area (Å²) in [4.78, 5) is 18.2. The lowest BCUT2D eigenvalue weighted by molar-refractivity contribution is 0.0766. The Morgan fingerprint density at radius 1 is 0.938 bits per heavy atom. The first-order chi connectivity index (χ1) is 15.7. The molecule has 0 radical (unpaired) electrons. The molecule has 3 aromatic rings. The van der Waals surface area contributed by atoms with E-state index in [1.807, 2.05) is 4.68 Å². The Labute approximate surface area is 189 Å². The molecule has 2 aromatic carbocycles. The van der Waals surface area contributed by atoms with Gasteiger partial charge in [0.15, 0.2) is 5.69 Å². The Balaban J connectivity index is 1.17. The van der Waals surface area contributed by atoms with Crippen LogP contribution in [0.5, 0.6) is 0 Å². The molecule has 1 amide bonds. The lowest BCUT2D eigenvalue weighted by Gasteiger charge is -2.21. The maximum atomic E-state index is 13.5. The highest BCUT2D eigenvalue weighted by molar-refractivity contribution is 5.94. The third-order valence-corrected chi connectivity index (χ3v) is 7.51. The minimum atomic E-state index is 0.137. The fourth-order valence-electron chi connectivity index (χ4n) is 5.89. The van der Waals surface area contributed by atoms with Gasteiger partial charge < -0.3 is 4.90 Å². The Hall–Kier alpha value is -2.92. The van der Waals surface area contributed by atoms with Gasteiger partial charge in [-0.2, -0.15) is 5.10 Å². The van der Waals surface area contributed by atoms with Crippen LogP contribution in [0.4, 0.5) is 0 Å². The molecule has 0 saturated carbocycles. The molecule has 0 bridgehead atoms. The first-order valence-electron chi connectivity index (χ1n) is 11.9. The van der Waals surface area contributed by atoms with E-state index in [1.54, 1.807) is 0 Å². The number of aromatic nitrogens is 2. The zero-order valence-corrected chi connectivity index (χ0v) is 18.7. The van der Waals surface area contributed by atoms with E-state index in [1.165, 1.54) is 22.4 Å². The van der Waals surface area contributed by atoms with Crippen molar-refractivity contribution >= 4 is 5.91 Å². The van der Waals surface area contributed by atoms with Gasteiger partial charge >= 0.3 is 0 Å². The summed E-state index contributed by atoms with van der Waals surface area (Å²) in [5.74, 6) is 1.29. The Bertz CT molecular complexity index is 1120. The van der Waals surface area contributed by atoms with Gasteiger partial charge in [0.05, 0.1) is 5.69 Å². The molecule has 2 saturated heterocycles. The number of aryl methyl sites for hydroxylation is 1. The number of amides is 1. The standard InChI is InChI=1S/C27H30N4O/c1-19-10-12-23(13-11-19)31-25-9-5-8-24(25)26(28-31)27(32)30-17-21-15-29(16-22(21)18-30)14-20-6-3-2-4-7-20/h2-4,6-7,10-13,21-22H,5,8-9,14-18H2,1H3/t21-,22+. The van der Waals surface area contributed by atoms with Crippen molar-refractivity contribution in [1.82, 2.24) is 19.6 Å². The molecule has 2 atom stereocenters. The first-order valence-corrected chi connectivity index (χ1v) is 11.9. The molecule has 2 fully saturated rings. The molecule has 3 aliphatic rings. The molecule has 5 nitrogen and oxygen atoms in total. The largest absolute Gasteiger partial charge is 0.337 e. The summed E-state index contributed by atoms with van der Waals surface area (Å²) in [5, 5.41) is 4.86. The molecule has 0 N–H and O–H groups in total. The second-order valence-electron chi connectivity index (χ2n) is 9.78. The SMILES string of the molecule is Cc1ccc(-n2nc(C(=O)N3C[C@H]4CN(Cc5ccccc5)C[C@H]4C3)c3c2CCC3)cc1. The molecule has 1 aromatic heterocycles. The van der Waals surface area contributed by atoms with Crippen LogP contribution in [-0.4, -0.2) is 51.7 Å². The normalized spacial score (nSPS) is 22.3. The molecule has 6 rings (SSSR count). The van der Waals surface area contributed by atoms with Gasteiger partial charge in [0.25, 0.3) is 5.91 Å². The van der Waals surface area contributed by atoms with Gasteiger partial charge in [0.1, 0.15) is 0 Å². The van der Waals surface area contributed by atoms with Crippen molar-refractivity contribution in [1.29, 1.82) is 0 Å². The van der Waals surface area contributed by atoms with E-state index in [-0.39, 0.29) is 5.91 Å². The number of fused-ring (bicyclic) bond motifs is 2. The van der Waals surface area contributed by atoms with Gasteiger partial charge in [-0.25, -0.2) is 4.68 Å². The van der Waals surface area contributed by atoms with Crippen LogP contribution in [0.2, 0.25) is 0 Å². The predicted molar refractivity (Wildman–Crippen MR) is 125 cm³/mol. The zero-order chi connectivity index (χ0) is 21.7. The highest BCUT2D eigenvalue weighted by atomic mass is 16.2. The summed E-state index contributed by atoms with van der Waals surface area (Å²) in [6.45, 7) is 6.99. The molecule has 164 valence electrons. The van der Waals surface area contributed by atoms with Gasteiger partial charge in [-0.3, -0.25) is 9.69 Å². The molecule has 5 heteroatoms. The molecule has 0 unspecified atom stereocenters. The van der Waals surface area contributed by atoms with E-state index in [0.29, 0.717) is 17.5 Å². The van der Waals surface area contributed by atoms with Crippen LogP contribution < -0.4 is 0 Å². The summed E-state index contributed by atoms with van der Waals surface area (Å²) in [6.07, 6.45) is 3.08. The number of nitrogens with zero attached hydrogens (tertiary/aromatic N) is 4. The van der Waals surface area contributed by atoms with Crippen molar-refractivity contribution in [3.8, 4) is 5.69 Å². The number of rotatable bonds is 4. The zero-order valence-electron chi connectivity index (χ0n) is 18.7. The van der Waals surface area contributed by atoms with E-state index < -0.39 is 0 Å². The lowest BCUT2D eigenvalue weighted by Crippen LogP contribution is -2.33. The van der Waals surface area contributed by atoms with Crippen molar-refractivity contribution in [2.45, 2.75) is 32.7 Å². The fraction of sp³-hybridized carbons (Fsp3) is 0.407. The highest BCUT2D eigenvalue weighted by Crippen LogP contribution is 2.34. The molecular formula is C27H30N4O. The summed E-state index contributed by atoms with van der Waals surface area (Å²) in [5.41, 5.74) is 6.77. The second kappa shape index (κ2) is 7.89. The number of benzene rings is 2. The van der Waals surface area contributed by atoms with E-state index in [9.17, 15) is 4.79 Å². The minimum absolute atomic E-state index is 0.137. The molecule has 3 heterocycles. The maximum absolute atomic E-state index is 13.5. The molecule has 32 heavy (non-hydrogen) atoms. The van der Waals surface area contributed by atoms with Crippen molar-refractivity contribution in [3.05, 3.63) is 82.7 Å². The van der Waals surface area contributed by atoms with Crippen LogP contribution in [-0.2, 0) is 19.4 Å². The second-order valence-corrected chi connectivity index (χ2v) is 9.78. The Kier molecular flexibility index (Phi) is 4.87. The minimum Gasteiger partial charge on any atom is -0.337 e. The Morgan fingerprint density at radius 2 is 1.66 bits per heavy atom. The predicted octanol–water partition coefficient (Wildman–Crippen LogP) is 3.87.